The van der Waals surface area contributed by atoms with Gasteiger partial charge in [-0.1, -0.05) is 41.5 Å². The number of fused-ring (bicyclic) bond motifs is 10. The van der Waals surface area contributed by atoms with Crippen molar-refractivity contribution in [2.24, 2.45) is 92.7 Å². The number of hydrogen-bond acceptors (Lipinski definition) is 8. The predicted octanol–water partition coefficient (Wildman–Crippen LogP) is 8.36. The second-order valence-electron chi connectivity index (χ2n) is 24.0. The topological polar surface area (TPSA) is 170 Å². The molecule has 8 rings (SSSR count). The van der Waals surface area contributed by atoms with Crippen LogP contribution in [-0.2, 0) is 24.4 Å². The van der Waals surface area contributed by atoms with Crippen LogP contribution in [0.5, 0.6) is 0 Å². The summed E-state index contributed by atoms with van der Waals surface area (Å²) in [5.41, 5.74) is 0.588. The third-order valence-electron chi connectivity index (χ3n) is 21.4. The number of hydrogen-bond donors (Lipinski definition) is 5. The van der Waals surface area contributed by atoms with Crippen molar-refractivity contribution in [2.45, 2.75) is 194 Å². The molecule has 0 radical (unpaired) electrons. The maximum Gasteiger partial charge on any atom is 0.306 e. The first-order valence-electron chi connectivity index (χ1n) is 25.1. The summed E-state index contributed by atoms with van der Waals surface area (Å²) < 4.78 is 38.1. The fourth-order valence-corrected chi connectivity index (χ4v) is 18.6. The van der Waals surface area contributed by atoms with E-state index in [4.69, 9.17) is 9.29 Å². The van der Waals surface area contributed by atoms with Crippen LogP contribution in [0, 0.1) is 92.7 Å². The normalized spacial score (nSPS) is 48.9. The van der Waals surface area contributed by atoms with Gasteiger partial charge in [-0.3, -0.25) is 14.1 Å². The van der Waals surface area contributed by atoms with Gasteiger partial charge in [-0.15, -0.1) is 0 Å². The minimum absolute atomic E-state index is 0.0599. The van der Waals surface area contributed by atoms with Crippen LogP contribution in [0.1, 0.15) is 170 Å². The summed E-state index contributed by atoms with van der Waals surface area (Å²) in [7, 11) is -4.12. The van der Waals surface area contributed by atoms with Crippen molar-refractivity contribution < 1.29 is 42.6 Å². The number of ether oxygens (including phenoxy) is 1. The quantitative estimate of drug-likeness (QED) is 0.0956. The molecule has 61 heavy (non-hydrogen) atoms. The number of nitrogens with one attached hydrogen (secondary N) is 1. The Morgan fingerprint density at radius 3 is 1.67 bits per heavy atom. The summed E-state index contributed by atoms with van der Waals surface area (Å²) in [6, 6.07) is 0. The van der Waals surface area contributed by atoms with Crippen molar-refractivity contribution in [3.8, 4) is 0 Å². The molecule has 0 spiro atoms. The number of carbonyl (C=O) groups excluding carboxylic acids is 2. The van der Waals surface area contributed by atoms with Crippen molar-refractivity contribution in [1.82, 2.24) is 5.32 Å². The Labute approximate surface area is 368 Å². The number of carbonyl (C=O) groups is 2. The Kier molecular flexibility index (Phi) is 13.0. The van der Waals surface area contributed by atoms with E-state index in [1.54, 1.807) is 0 Å². The molecule has 0 heterocycles. The van der Waals surface area contributed by atoms with Crippen molar-refractivity contribution in [1.29, 1.82) is 0 Å². The van der Waals surface area contributed by atoms with E-state index in [1.165, 1.54) is 19.3 Å². The molecule has 8 fully saturated rings. The summed E-state index contributed by atoms with van der Waals surface area (Å²) in [4.78, 5) is 26.9. The smallest absolute Gasteiger partial charge is 0.306 e. The van der Waals surface area contributed by atoms with Crippen molar-refractivity contribution in [3.05, 3.63) is 0 Å². The van der Waals surface area contributed by atoms with Gasteiger partial charge in [0.1, 0.15) is 6.10 Å². The molecule has 5 N–H and O–H groups in total. The number of esters is 1. The fraction of sp³-hybridized carbons (Fsp3) is 0.960. The molecule has 11 heteroatoms. The highest BCUT2D eigenvalue weighted by Gasteiger charge is 2.65. The molecule has 348 valence electrons. The van der Waals surface area contributed by atoms with Gasteiger partial charge in [-0.05, 0) is 202 Å². The summed E-state index contributed by atoms with van der Waals surface area (Å²) in [6.07, 6.45) is 17.6. The van der Waals surface area contributed by atoms with E-state index in [0.29, 0.717) is 77.9 Å². The lowest BCUT2D eigenvalue weighted by Crippen LogP contribution is -2.59. The Morgan fingerprint density at radius 2 is 1.11 bits per heavy atom. The molecule has 10 nitrogen and oxygen atoms in total. The second kappa shape index (κ2) is 17.2. The average molecular weight is 874 g/mol. The lowest BCUT2D eigenvalue weighted by atomic mass is 9.43. The van der Waals surface area contributed by atoms with Gasteiger partial charge < -0.3 is 25.4 Å². The highest BCUT2D eigenvalue weighted by molar-refractivity contribution is 7.85. The first-order valence-corrected chi connectivity index (χ1v) is 26.7. The van der Waals surface area contributed by atoms with E-state index in [-0.39, 0.29) is 70.4 Å². The lowest BCUT2D eigenvalue weighted by molar-refractivity contribution is -0.196. The molecular weight excluding hydrogens is 791 g/mol. The molecular formula is C50H83NO9S. The molecule has 8 saturated carbocycles. The van der Waals surface area contributed by atoms with Crippen LogP contribution in [0.2, 0.25) is 0 Å². The van der Waals surface area contributed by atoms with E-state index in [2.05, 4.69) is 46.9 Å². The summed E-state index contributed by atoms with van der Waals surface area (Å²) in [5, 5.41) is 35.8. The molecule has 1 amide bonds. The van der Waals surface area contributed by atoms with Gasteiger partial charge >= 0.3 is 5.97 Å². The minimum Gasteiger partial charge on any atom is -0.462 e. The van der Waals surface area contributed by atoms with Crippen LogP contribution < -0.4 is 5.32 Å². The third-order valence-corrected chi connectivity index (χ3v) is 22.1. The highest BCUT2D eigenvalue weighted by atomic mass is 32.2. The average Bonchev–Trinajstić information content (AvgIpc) is 3.73. The Morgan fingerprint density at radius 1 is 0.639 bits per heavy atom. The minimum atomic E-state index is -4.12. The summed E-state index contributed by atoms with van der Waals surface area (Å²) in [5.74, 6) is 4.26. The molecule has 0 aromatic carbocycles. The SMILES string of the molecule is C[C@H](CCC(=O)NCCS(=O)(=O)O)[C@H]1CC[C@@H]2C3[C@@H](OC(=O)CC[C@@H](C)[C@H]4CC[C@@H]5C6[C@@H](CC[C@@]54C)[C@@]4(C)CC[C@H](O)CC4C[C@@H]6O)CC4C[C@@H](O)CC[C@]4(C)[C@@H]3CC[C@@]21C. The van der Waals surface area contributed by atoms with Crippen LogP contribution in [0.15, 0.2) is 0 Å². The van der Waals surface area contributed by atoms with Crippen LogP contribution >= 0.6 is 0 Å². The maximum atomic E-state index is 14.2. The van der Waals surface area contributed by atoms with Gasteiger partial charge in [0.15, 0.2) is 0 Å². The molecule has 0 aromatic heterocycles. The molecule has 4 unspecified atom stereocenters. The maximum absolute atomic E-state index is 14.2. The van der Waals surface area contributed by atoms with Gasteiger partial charge in [0.05, 0.1) is 24.1 Å². The fourth-order valence-electron chi connectivity index (χ4n) is 18.2. The largest absolute Gasteiger partial charge is 0.462 e. The van der Waals surface area contributed by atoms with Crippen LogP contribution in [0.4, 0.5) is 0 Å². The molecule has 0 aromatic rings. The zero-order chi connectivity index (χ0) is 43.9. The zero-order valence-corrected chi connectivity index (χ0v) is 39.3. The van der Waals surface area contributed by atoms with E-state index in [0.717, 1.165) is 96.3 Å². The molecule has 20 atom stereocenters. The van der Waals surface area contributed by atoms with Gasteiger partial charge in [-0.2, -0.15) is 8.42 Å². The van der Waals surface area contributed by atoms with Crippen molar-refractivity contribution >= 4 is 22.0 Å². The molecule has 0 aliphatic heterocycles. The zero-order valence-electron chi connectivity index (χ0n) is 38.5. The summed E-state index contributed by atoms with van der Waals surface area (Å²) >= 11 is 0. The number of amides is 1. The van der Waals surface area contributed by atoms with Crippen LogP contribution in [-0.4, -0.2) is 76.9 Å². The van der Waals surface area contributed by atoms with Crippen LogP contribution in [0.3, 0.4) is 0 Å². The standard InChI is InChI=1S/C50H83NO9S/c1-29(7-13-43(55)51-23-24-61(57,58)59)35-10-12-38-46-40(18-22-50(35,38)6)48(4)20-16-34(53)26-32(48)28-42(46)60-44(56)14-8-30(2)36-9-11-37-45-39(17-21-49(36,37)5)47(3)19-15-33(52)25-31(47)27-41(45)54/h29-42,45-46,52-54H,7-28H2,1-6H3,(H,51,55)(H,57,58,59)/t29-,30-,31?,32?,33+,34+,35-,36-,37-,38-,39-,40-,41+,42+,45?,46?,47+,48+,49-,50-/m1/s1. The second-order valence-corrected chi connectivity index (χ2v) is 25.6. The molecule has 0 saturated heterocycles. The van der Waals surface area contributed by atoms with Gasteiger partial charge in [0.25, 0.3) is 10.1 Å². The van der Waals surface area contributed by atoms with E-state index >= 15 is 0 Å². The van der Waals surface area contributed by atoms with Crippen LogP contribution in [0.25, 0.3) is 0 Å². The number of aliphatic hydroxyl groups excluding tert-OH is 3. The van der Waals surface area contributed by atoms with Crippen molar-refractivity contribution in [2.75, 3.05) is 12.3 Å². The Bertz CT molecular complexity index is 1720. The predicted molar refractivity (Wildman–Crippen MR) is 235 cm³/mol. The molecule has 8 aliphatic rings. The van der Waals surface area contributed by atoms with Gasteiger partial charge in [-0.25, -0.2) is 0 Å². The Hall–Kier alpha value is -1.27. The van der Waals surface area contributed by atoms with E-state index < -0.39 is 15.9 Å². The highest BCUT2D eigenvalue weighted by Crippen LogP contribution is 2.70. The number of aliphatic hydroxyl groups is 3. The van der Waals surface area contributed by atoms with Gasteiger partial charge in [0, 0.05) is 25.3 Å². The van der Waals surface area contributed by atoms with Crippen molar-refractivity contribution in [3.63, 3.8) is 0 Å². The summed E-state index contributed by atoms with van der Waals surface area (Å²) in [6.45, 7) is 14.5. The first kappa shape index (κ1) is 46.3. The lowest BCUT2D eigenvalue weighted by Gasteiger charge is -2.62. The Balaban J connectivity index is 0.918. The monoisotopic (exact) mass is 874 g/mol. The molecule has 0 bridgehead atoms. The van der Waals surface area contributed by atoms with E-state index in [9.17, 15) is 33.3 Å². The van der Waals surface area contributed by atoms with E-state index in [1.807, 2.05) is 0 Å². The first-order chi connectivity index (χ1) is 28.7. The van der Waals surface area contributed by atoms with Gasteiger partial charge in [0.2, 0.25) is 5.91 Å². The third kappa shape index (κ3) is 8.43. The molecule has 8 aliphatic carbocycles. The number of rotatable bonds is 12.